The molecule has 0 aromatic heterocycles. The number of fused-ring (bicyclic) bond motifs is 1. The van der Waals surface area contributed by atoms with Gasteiger partial charge in [0.15, 0.2) is 0 Å². The fourth-order valence-corrected chi connectivity index (χ4v) is 4.18. The number of nitrogens with one attached hydrogen (secondary N) is 1. The first-order valence-corrected chi connectivity index (χ1v) is 10.2. The van der Waals surface area contributed by atoms with Crippen molar-refractivity contribution in [1.29, 1.82) is 0 Å². The van der Waals surface area contributed by atoms with Crippen molar-refractivity contribution in [3.05, 3.63) is 34.9 Å². The van der Waals surface area contributed by atoms with Crippen molar-refractivity contribution in [2.24, 2.45) is 0 Å². The van der Waals surface area contributed by atoms with Gasteiger partial charge in [0.2, 0.25) is 11.8 Å². The number of carbonyl (C=O) groups excluding carboxylic acids is 4. The minimum atomic E-state index is -0.614. The van der Waals surface area contributed by atoms with Crippen molar-refractivity contribution >= 4 is 23.5 Å². The summed E-state index contributed by atoms with van der Waals surface area (Å²) in [5, 5.41) is 2.32. The van der Waals surface area contributed by atoms with Crippen LogP contribution < -0.4 is 5.32 Å². The van der Waals surface area contributed by atoms with Gasteiger partial charge in [0.05, 0.1) is 0 Å². The van der Waals surface area contributed by atoms with Crippen LogP contribution in [-0.2, 0) is 20.9 Å². The molecule has 1 N–H and O–H groups in total. The maximum absolute atomic E-state index is 13.1. The molecule has 1 aromatic carbocycles. The second-order valence-electron chi connectivity index (χ2n) is 7.88. The van der Waals surface area contributed by atoms with Crippen molar-refractivity contribution in [2.45, 2.75) is 77.3 Å². The van der Waals surface area contributed by atoms with Crippen LogP contribution in [-0.4, -0.2) is 34.4 Å². The van der Waals surface area contributed by atoms with E-state index in [0.717, 1.165) is 30.4 Å². The first-order chi connectivity index (χ1) is 13.4. The van der Waals surface area contributed by atoms with Gasteiger partial charge in [-0.15, -0.1) is 0 Å². The van der Waals surface area contributed by atoms with Crippen LogP contribution in [0.1, 0.15) is 86.2 Å². The molecule has 2 aliphatic heterocycles. The maximum atomic E-state index is 13.1. The molecule has 0 saturated carbocycles. The smallest absolute Gasteiger partial charge is 0.255 e. The van der Waals surface area contributed by atoms with E-state index in [-0.39, 0.29) is 29.9 Å². The second-order valence-corrected chi connectivity index (χ2v) is 7.88. The molecule has 2 heterocycles. The fraction of sp³-hybridized carbons (Fsp3) is 0.545. The highest BCUT2D eigenvalue weighted by molar-refractivity contribution is 6.06. The molecule has 28 heavy (non-hydrogen) atoms. The molecule has 3 rings (SSSR count). The van der Waals surface area contributed by atoms with Crippen LogP contribution in [0, 0.1) is 0 Å². The molecule has 1 fully saturated rings. The van der Waals surface area contributed by atoms with E-state index in [1.165, 1.54) is 0 Å². The Balaban J connectivity index is 1.74. The van der Waals surface area contributed by atoms with E-state index in [0.29, 0.717) is 31.4 Å². The molecule has 2 unspecified atom stereocenters. The highest BCUT2D eigenvalue weighted by Crippen LogP contribution is 2.34. The number of hydrogen-bond acceptors (Lipinski definition) is 4. The quantitative estimate of drug-likeness (QED) is 0.551. The van der Waals surface area contributed by atoms with E-state index >= 15 is 0 Å². The third-order valence-electron chi connectivity index (χ3n) is 5.71. The lowest BCUT2D eigenvalue weighted by molar-refractivity contribution is -0.137. The zero-order valence-corrected chi connectivity index (χ0v) is 16.6. The first kappa shape index (κ1) is 20.2. The van der Waals surface area contributed by atoms with Crippen molar-refractivity contribution < 1.29 is 19.2 Å². The number of amides is 3. The number of rotatable bonds is 8. The van der Waals surface area contributed by atoms with Gasteiger partial charge in [0, 0.05) is 31.4 Å². The number of ketones is 1. The highest BCUT2D eigenvalue weighted by Gasteiger charge is 2.40. The van der Waals surface area contributed by atoms with Gasteiger partial charge in [-0.25, -0.2) is 0 Å². The molecule has 0 aliphatic carbocycles. The summed E-state index contributed by atoms with van der Waals surface area (Å²) in [7, 11) is 0. The van der Waals surface area contributed by atoms with Crippen LogP contribution in [0.4, 0.5) is 0 Å². The predicted molar refractivity (Wildman–Crippen MR) is 105 cm³/mol. The molecule has 0 bridgehead atoms. The SMILES string of the molecule is CCCCCC(=O)CC(C)c1cccc2c1C(=O)N(C1CCC(=O)NC1=O)C2. The van der Waals surface area contributed by atoms with Gasteiger partial charge < -0.3 is 4.90 Å². The van der Waals surface area contributed by atoms with Crippen LogP contribution in [0.25, 0.3) is 0 Å². The number of hydrogen-bond donors (Lipinski definition) is 1. The van der Waals surface area contributed by atoms with Gasteiger partial charge in [-0.05, 0) is 29.9 Å². The Kier molecular flexibility index (Phi) is 6.27. The molecule has 1 aromatic rings. The lowest BCUT2D eigenvalue weighted by Crippen LogP contribution is -2.52. The van der Waals surface area contributed by atoms with Crippen LogP contribution in [0.5, 0.6) is 0 Å². The summed E-state index contributed by atoms with van der Waals surface area (Å²) < 4.78 is 0. The van der Waals surface area contributed by atoms with E-state index in [2.05, 4.69) is 12.2 Å². The maximum Gasteiger partial charge on any atom is 0.255 e. The lowest BCUT2D eigenvalue weighted by atomic mass is 9.89. The number of benzene rings is 1. The molecule has 3 amide bonds. The van der Waals surface area contributed by atoms with Gasteiger partial charge >= 0.3 is 0 Å². The topological polar surface area (TPSA) is 83.6 Å². The Morgan fingerprint density at radius 2 is 2.04 bits per heavy atom. The zero-order valence-electron chi connectivity index (χ0n) is 16.6. The monoisotopic (exact) mass is 384 g/mol. The normalized spacial score (nSPS) is 20.1. The molecule has 2 atom stereocenters. The summed E-state index contributed by atoms with van der Waals surface area (Å²) in [6, 6.07) is 5.11. The van der Waals surface area contributed by atoms with E-state index in [4.69, 9.17) is 0 Å². The van der Waals surface area contributed by atoms with Gasteiger partial charge in [-0.2, -0.15) is 0 Å². The standard InChI is InChI=1S/C22H28N2O4/c1-3-4-5-8-16(25)12-14(2)17-9-6-7-15-13-24(22(28)20(15)17)18-10-11-19(26)23-21(18)27/h6-7,9,14,18H,3-5,8,10-13H2,1-2H3,(H,23,26,27). The van der Waals surface area contributed by atoms with Gasteiger partial charge in [0.1, 0.15) is 11.8 Å². The molecule has 150 valence electrons. The number of imide groups is 1. The largest absolute Gasteiger partial charge is 0.322 e. The van der Waals surface area contributed by atoms with Crippen LogP contribution in [0.2, 0.25) is 0 Å². The number of piperidine rings is 1. The summed E-state index contributed by atoms with van der Waals surface area (Å²) in [6.07, 6.45) is 4.66. The molecule has 6 nitrogen and oxygen atoms in total. The Bertz CT molecular complexity index is 802. The number of Topliss-reactive ketones (excluding diaryl/α,β-unsaturated/α-hetero) is 1. The molecule has 1 saturated heterocycles. The summed E-state index contributed by atoms with van der Waals surface area (Å²) in [4.78, 5) is 50.6. The minimum absolute atomic E-state index is 0.0465. The summed E-state index contributed by atoms with van der Waals surface area (Å²) in [6.45, 7) is 4.46. The number of nitrogens with zero attached hydrogens (tertiary/aromatic N) is 1. The van der Waals surface area contributed by atoms with E-state index < -0.39 is 11.9 Å². The number of carbonyl (C=O) groups is 4. The van der Waals surface area contributed by atoms with Crippen molar-refractivity contribution in [1.82, 2.24) is 10.2 Å². The van der Waals surface area contributed by atoms with Crippen molar-refractivity contribution in [3.63, 3.8) is 0 Å². The third-order valence-corrected chi connectivity index (χ3v) is 5.71. The fourth-order valence-electron chi connectivity index (χ4n) is 4.18. The Morgan fingerprint density at radius 1 is 1.25 bits per heavy atom. The minimum Gasteiger partial charge on any atom is -0.322 e. The van der Waals surface area contributed by atoms with E-state index in [1.54, 1.807) is 4.90 Å². The summed E-state index contributed by atoms with van der Waals surface area (Å²) in [5.74, 6) is -0.689. The molecular formula is C22H28N2O4. The van der Waals surface area contributed by atoms with Crippen molar-refractivity contribution in [3.8, 4) is 0 Å². The first-order valence-electron chi connectivity index (χ1n) is 10.2. The molecule has 2 aliphatic rings. The molecule has 0 spiro atoms. The Labute approximate surface area is 165 Å². The lowest BCUT2D eigenvalue weighted by Gasteiger charge is -2.29. The number of unbranched alkanes of at least 4 members (excludes halogenated alkanes) is 2. The van der Waals surface area contributed by atoms with Crippen LogP contribution in [0.15, 0.2) is 18.2 Å². The Morgan fingerprint density at radius 3 is 2.75 bits per heavy atom. The molecule has 6 heteroatoms. The van der Waals surface area contributed by atoms with Crippen LogP contribution >= 0.6 is 0 Å². The average Bonchev–Trinajstić information content (AvgIpc) is 2.98. The summed E-state index contributed by atoms with van der Waals surface area (Å²) >= 11 is 0. The molecule has 0 radical (unpaired) electrons. The van der Waals surface area contributed by atoms with Crippen molar-refractivity contribution in [2.75, 3.05) is 0 Å². The summed E-state index contributed by atoms with van der Waals surface area (Å²) in [5.41, 5.74) is 2.39. The van der Waals surface area contributed by atoms with Crippen LogP contribution in [0.3, 0.4) is 0 Å². The van der Waals surface area contributed by atoms with Gasteiger partial charge in [-0.1, -0.05) is 44.9 Å². The predicted octanol–water partition coefficient (Wildman–Crippen LogP) is 3.09. The average molecular weight is 384 g/mol. The third kappa shape index (κ3) is 4.16. The van der Waals surface area contributed by atoms with Gasteiger partial charge in [-0.3, -0.25) is 24.5 Å². The Hall–Kier alpha value is -2.50. The zero-order chi connectivity index (χ0) is 20.3. The second kappa shape index (κ2) is 8.67. The van der Waals surface area contributed by atoms with E-state index in [1.807, 2.05) is 25.1 Å². The van der Waals surface area contributed by atoms with E-state index in [9.17, 15) is 19.2 Å². The molecular weight excluding hydrogens is 356 g/mol. The highest BCUT2D eigenvalue weighted by atomic mass is 16.2. The van der Waals surface area contributed by atoms with Gasteiger partial charge in [0.25, 0.3) is 5.91 Å².